The zero-order valence-corrected chi connectivity index (χ0v) is 15.5. The number of carbonyl (C=O) groups is 3. The van der Waals surface area contributed by atoms with E-state index in [2.05, 4.69) is 21.2 Å². The van der Waals surface area contributed by atoms with Gasteiger partial charge in [0.2, 0.25) is 0 Å². The zero-order valence-electron chi connectivity index (χ0n) is 13.1. The maximum atomic E-state index is 11.9. The lowest BCUT2D eigenvalue weighted by molar-refractivity contribution is -0.147. The van der Waals surface area contributed by atoms with Gasteiger partial charge in [-0.1, -0.05) is 27.5 Å². The minimum atomic E-state index is -0.603. The minimum absolute atomic E-state index is 0.00873. The third kappa shape index (κ3) is 6.68. The Kier molecular flexibility index (Phi) is 7.16. The number of Topliss-reactive ketones (excluding diaryl/α,β-unsaturated/α-hetero) is 1. The van der Waals surface area contributed by atoms with E-state index in [0.717, 1.165) is 4.47 Å². The molecule has 0 aliphatic carbocycles. The first-order chi connectivity index (χ1) is 11.9. The molecule has 130 valence electrons. The van der Waals surface area contributed by atoms with Crippen LogP contribution in [-0.4, -0.2) is 24.3 Å². The van der Waals surface area contributed by atoms with Gasteiger partial charge in [-0.2, -0.15) is 0 Å². The van der Waals surface area contributed by atoms with Crippen molar-refractivity contribution in [3.63, 3.8) is 0 Å². The van der Waals surface area contributed by atoms with Crippen LogP contribution in [0.15, 0.2) is 53.0 Å². The molecule has 2 aromatic rings. The summed E-state index contributed by atoms with van der Waals surface area (Å²) < 4.78 is 5.76. The summed E-state index contributed by atoms with van der Waals surface area (Å²) in [5.41, 5.74) is 1.08. The van der Waals surface area contributed by atoms with Crippen molar-refractivity contribution in [2.75, 3.05) is 11.9 Å². The highest BCUT2D eigenvalue weighted by atomic mass is 79.9. The van der Waals surface area contributed by atoms with Crippen molar-refractivity contribution in [1.82, 2.24) is 0 Å². The molecule has 0 aromatic heterocycles. The summed E-state index contributed by atoms with van der Waals surface area (Å²) in [6.07, 6.45) is -0.0815. The number of benzene rings is 2. The molecule has 25 heavy (non-hydrogen) atoms. The van der Waals surface area contributed by atoms with Crippen molar-refractivity contribution in [3.8, 4) is 0 Å². The van der Waals surface area contributed by atoms with Crippen LogP contribution >= 0.6 is 27.5 Å². The molecule has 0 aliphatic rings. The number of nitrogens with one attached hydrogen (secondary N) is 1. The SMILES string of the molecule is O=C(COC(=O)CCC(=O)c1ccc(Cl)cc1)Nc1ccc(Br)cc1. The second-order valence-electron chi connectivity index (χ2n) is 5.15. The Balaban J connectivity index is 1.71. The molecule has 0 fully saturated rings. The first-order valence-corrected chi connectivity index (χ1v) is 8.61. The second kappa shape index (κ2) is 9.34. The number of rotatable bonds is 7. The number of ketones is 1. The van der Waals surface area contributed by atoms with E-state index in [-0.39, 0.29) is 18.6 Å². The van der Waals surface area contributed by atoms with Crippen LogP contribution in [0.5, 0.6) is 0 Å². The van der Waals surface area contributed by atoms with Crippen LogP contribution in [0.4, 0.5) is 5.69 Å². The molecule has 1 amide bonds. The smallest absolute Gasteiger partial charge is 0.306 e. The van der Waals surface area contributed by atoms with Gasteiger partial charge in [-0.15, -0.1) is 0 Å². The normalized spacial score (nSPS) is 10.2. The molecule has 7 heteroatoms. The summed E-state index contributed by atoms with van der Waals surface area (Å²) in [4.78, 5) is 35.3. The summed E-state index contributed by atoms with van der Waals surface area (Å²) in [6, 6.07) is 13.4. The van der Waals surface area contributed by atoms with E-state index >= 15 is 0 Å². The van der Waals surface area contributed by atoms with Crippen molar-refractivity contribution < 1.29 is 19.1 Å². The predicted molar refractivity (Wildman–Crippen MR) is 98.7 cm³/mol. The van der Waals surface area contributed by atoms with E-state index in [1.165, 1.54) is 0 Å². The van der Waals surface area contributed by atoms with E-state index in [1.54, 1.807) is 48.5 Å². The lowest BCUT2D eigenvalue weighted by Gasteiger charge is -2.07. The number of anilines is 1. The molecule has 0 aliphatic heterocycles. The van der Waals surface area contributed by atoms with E-state index in [4.69, 9.17) is 16.3 Å². The molecule has 0 atom stereocenters. The summed E-state index contributed by atoms with van der Waals surface area (Å²) in [6.45, 7) is -0.399. The Hall–Kier alpha value is -2.18. The standard InChI is InChI=1S/C18H15BrClNO4/c19-13-3-7-15(8-4-13)21-17(23)11-25-18(24)10-9-16(22)12-1-5-14(20)6-2-12/h1-8H,9-11H2,(H,21,23). The van der Waals surface area contributed by atoms with Gasteiger partial charge < -0.3 is 10.1 Å². The molecule has 0 bridgehead atoms. The molecule has 5 nitrogen and oxygen atoms in total. The van der Waals surface area contributed by atoms with Gasteiger partial charge in [-0.05, 0) is 48.5 Å². The van der Waals surface area contributed by atoms with Gasteiger partial charge in [0.15, 0.2) is 12.4 Å². The molecular weight excluding hydrogens is 410 g/mol. The minimum Gasteiger partial charge on any atom is -0.456 e. The van der Waals surface area contributed by atoms with E-state index in [0.29, 0.717) is 16.3 Å². The molecule has 0 unspecified atom stereocenters. The third-order valence-electron chi connectivity index (χ3n) is 3.21. The highest BCUT2D eigenvalue weighted by molar-refractivity contribution is 9.10. The lowest BCUT2D eigenvalue weighted by atomic mass is 10.1. The summed E-state index contributed by atoms with van der Waals surface area (Å²) in [5.74, 6) is -1.24. The highest BCUT2D eigenvalue weighted by Gasteiger charge is 2.12. The fourth-order valence-electron chi connectivity index (χ4n) is 1.94. The van der Waals surface area contributed by atoms with Crippen molar-refractivity contribution in [1.29, 1.82) is 0 Å². The predicted octanol–water partition coefficient (Wildman–Crippen LogP) is 4.25. The molecule has 1 N–H and O–H groups in total. The number of amides is 1. The maximum Gasteiger partial charge on any atom is 0.306 e. The van der Waals surface area contributed by atoms with Crippen LogP contribution in [0.25, 0.3) is 0 Å². The van der Waals surface area contributed by atoms with Crippen molar-refractivity contribution in [2.24, 2.45) is 0 Å². The Bertz CT molecular complexity index is 760. The van der Waals surface area contributed by atoms with Gasteiger partial charge in [0.05, 0.1) is 6.42 Å². The quantitative estimate of drug-likeness (QED) is 0.533. The van der Waals surface area contributed by atoms with E-state index in [9.17, 15) is 14.4 Å². The first-order valence-electron chi connectivity index (χ1n) is 7.44. The first kappa shape index (κ1) is 19.1. The number of ether oxygens (including phenoxy) is 1. The fourth-order valence-corrected chi connectivity index (χ4v) is 2.33. The molecule has 0 spiro atoms. The van der Waals surface area contributed by atoms with Crippen LogP contribution in [0.2, 0.25) is 5.02 Å². The zero-order chi connectivity index (χ0) is 18.2. The Morgan fingerprint density at radius 2 is 1.60 bits per heavy atom. The van der Waals surface area contributed by atoms with Gasteiger partial charge in [0, 0.05) is 27.2 Å². The molecule has 0 saturated heterocycles. The van der Waals surface area contributed by atoms with E-state index < -0.39 is 18.5 Å². The van der Waals surface area contributed by atoms with E-state index in [1.807, 2.05) is 0 Å². The van der Waals surface area contributed by atoms with Gasteiger partial charge in [0.1, 0.15) is 0 Å². The average Bonchev–Trinajstić information content (AvgIpc) is 2.60. The third-order valence-corrected chi connectivity index (χ3v) is 4.00. The maximum absolute atomic E-state index is 11.9. The largest absolute Gasteiger partial charge is 0.456 e. The van der Waals surface area contributed by atoms with Crippen LogP contribution in [0, 0.1) is 0 Å². The molecule has 0 saturated carbocycles. The molecular formula is C18H15BrClNO4. The Labute approximate surface area is 158 Å². The summed E-state index contributed by atoms with van der Waals surface area (Å²) in [5, 5.41) is 3.14. The van der Waals surface area contributed by atoms with Crippen molar-refractivity contribution in [2.45, 2.75) is 12.8 Å². The van der Waals surface area contributed by atoms with Gasteiger partial charge in [0.25, 0.3) is 5.91 Å². The van der Waals surface area contributed by atoms with Gasteiger partial charge in [-0.25, -0.2) is 0 Å². The summed E-state index contributed by atoms with van der Waals surface area (Å²) >= 11 is 9.05. The molecule has 0 heterocycles. The highest BCUT2D eigenvalue weighted by Crippen LogP contribution is 2.14. The number of hydrogen-bond donors (Lipinski definition) is 1. The van der Waals surface area contributed by atoms with Crippen LogP contribution in [0.3, 0.4) is 0 Å². The number of hydrogen-bond acceptors (Lipinski definition) is 4. The number of halogens is 2. The van der Waals surface area contributed by atoms with Crippen LogP contribution in [0.1, 0.15) is 23.2 Å². The fraction of sp³-hybridized carbons (Fsp3) is 0.167. The average molecular weight is 425 g/mol. The molecule has 0 radical (unpaired) electrons. The van der Waals surface area contributed by atoms with Crippen LogP contribution < -0.4 is 5.32 Å². The lowest BCUT2D eigenvalue weighted by Crippen LogP contribution is -2.21. The Morgan fingerprint density at radius 1 is 0.960 bits per heavy atom. The second-order valence-corrected chi connectivity index (χ2v) is 6.50. The molecule has 2 rings (SSSR count). The topological polar surface area (TPSA) is 72.5 Å². The monoisotopic (exact) mass is 423 g/mol. The van der Waals surface area contributed by atoms with Crippen molar-refractivity contribution >= 4 is 50.9 Å². The van der Waals surface area contributed by atoms with Crippen LogP contribution in [-0.2, 0) is 14.3 Å². The number of carbonyl (C=O) groups excluding carboxylic acids is 3. The van der Waals surface area contributed by atoms with Gasteiger partial charge >= 0.3 is 5.97 Å². The summed E-state index contributed by atoms with van der Waals surface area (Å²) in [7, 11) is 0. The number of esters is 1. The van der Waals surface area contributed by atoms with Crippen molar-refractivity contribution in [3.05, 3.63) is 63.6 Å². The van der Waals surface area contributed by atoms with Gasteiger partial charge in [-0.3, -0.25) is 14.4 Å². The molecule has 2 aromatic carbocycles. The Morgan fingerprint density at radius 3 is 2.24 bits per heavy atom.